The molecule has 10 heteroatoms. The van der Waals surface area contributed by atoms with Crippen LogP contribution in [0.25, 0.3) is 284 Å². The molecule has 0 aliphatic rings. The molecule has 0 saturated heterocycles. The summed E-state index contributed by atoms with van der Waals surface area (Å²) in [5.41, 5.74) is 23.0. The molecule has 0 amide bonds. The Hall–Kier alpha value is -17.5. The highest BCUT2D eigenvalue weighted by Gasteiger charge is 2.27. The molecular weight excluding hydrogens is 1690 g/mol. The van der Waals surface area contributed by atoms with E-state index in [9.17, 15) is 0 Å². The van der Waals surface area contributed by atoms with E-state index >= 15 is 0 Å². The topological polar surface area (TPSA) is 87.2 Å². The number of hydrogen-bond acceptors (Lipinski definition) is 8. The van der Waals surface area contributed by atoms with Gasteiger partial charge in [0, 0.05) is 117 Å². The molecule has 8 nitrogen and oxygen atoms in total. The third-order valence-corrected chi connectivity index (χ3v) is 30.0. The van der Waals surface area contributed by atoms with Gasteiger partial charge in [-0.1, -0.05) is 334 Å². The van der Waals surface area contributed by atoms with Crippen molar-refractivity contribution in [2.45, 2.75) is 0 Å². The van der Waals surface area contributed by atoms with Crippen LogP contribution in [0, 0.1) is 0 Å². The first kappa shape index (κ1) is 77.2. The van der Waals surface area contributed by atoms with Crippen LogP contribution in [-0.4, -0.2) is 39.0 Å². The highest BCUT2D eigenvalue weighted by Crippen LogP contribution is 2.49. The van der Waals surface area contributed by atoms with Gasteiger partial charge in [0.15, 0.2) is 34.9 Å². The predicted octanol–water partition coefficient (Wildman–Crippen LogP) is 34.2. The van der Waals surface area contributed by atoms with Crippen LogP contribution in [0.3, 0.4) is 0 Å². The molecule has 0 N–H and O–H groups in total. The lowest BCUT2D eigenvalue weighted by Gasteiger charge is -2.17. The van der Waals surface area contributed by atoms with E-state index in [1.807, 2.05) is 22.7 Å². The van der Waals surface area contributed by atoms with Crippen molar-refractivity contribution in [3.63, 3.8) is 0 Å². The minimum atomic E-state index is 0.570. The highest BCUT2D eigenvalue weighted by molar-refractivity contribution is 7.26. The summed E-state index contributed by atoms with van der Waals surface area (Å²) in [4.78, 5) is 32.9. The lowest BCUT2D eigenvalue weighted by Crippen LogP contribution is -2.02. The molecule has 28 aromatic rings. The van der Waals surface area contributed by atoms with Gasteiger partial charge < -0.3 is 9.13 Å². The summed E-state index contributed by atoms with van der Waals surface area (Å²) >= 11 is 3.67. The first-order valence-electron chi connectivity index (χ1n) is 46.1. The fourth-order valence-electron chi connectivity index (χ4n) is 21.0. The van der Waals surface area contributed by atoms with Crippen molar-refractivity contribution in [3.05, 3.63) is 449 Å². The van der Waals surface area contributed by atoms with Gasteiger partial charge in [-0.3, -0.25) is 0 Å². The number of hydrogen-bond donors (Lipinski definition) is 0. The fourth-order valence-corrected chi connectivity index (χ4v) is 23.2. The van der Waals surface area contributed by atoms with E-state index in [-0.39, 0.29) is 0 Å². The van der Waals surface area contributed by atoms with Gasteiger partial charge in [-0.05, 0) is 214 Å². The molecule has 0 atom stereocenters. The zero-order valence-electron chi connectivity index (χ0n) is 73.1. The number of thiophene rings is 2. The Kier molecular flexibility index (Phi) is 17.6. The van der Waals surface area contributed by atoms with E-state index in [1.54, 1.807) is 0 Å². The van der Waals surface area contributed by atoms with E-state index in [2.05, 4.69) is 458 Å². The third-order valence-electron chi connectivity index (χ3n) is 27.7. The molecule has 136 heavy (non-hydrogen) atoms. The van der Waals surface area contributed by atoms with E-state index in [0.717, 1.165) is 144 Å². The molecule has 22 aromatic carbocycles. The maximum Gasteiger partial charge on any atom is 0.164 e. The van der Waals surface area contributed by atoms with Crippen molar-refractivity contribution < 1.29 is 0 Å². The van der Waals surface area contributed by atoms with Gasteiger partial charge in [0.05, 0.1) is 33.4 Å². The molecule has 0 bridgehead atoms. The maximum atomic E-state index is 5.61. The van der Waals surface area contributed by atoms with Crippen molar-refractivity contribution in [1.82, 2.24) is 39.0 Å². The second kappa shape index (κ2) is 31.1. The van der Waals surface area contributed by atoms with Crippen LogP contribution in [0.4, 0.5) is 0 Å². The molecule has 0 fully saturated rings. The highest BCUT2D eigenvalue weighted by atomic mass is 32.1. The van der Waals surface area contributed by atoms with Gasteiger partial charge >= 0.3 is 0 Å². The number of rotatable bonds is 13. The molecular formula is C126H74N8S2. The zero-order chi connectivity index (χ0) is 89.2. The van der Waals surface area contributed by atoms with Crippen molar-refractivity contribution in [2.75, 3.05) is 0 Å². The minimum absolute atomic E-state index is 0.570. The Labute approximate surface area is 788 Å². The van der Waals surface area contributed by atoms with Crippen LogP contribution in [0.15, 0.2) is 449 Å². The van der Waals surface area contributed by atoms with Crippen molar-refractivity contribution >= 4 is 171 Å². The molecule has 0 aliphatic heterocycles. The van der Waals surface area contributed by atoms with Gasteiger partial charge in [0.1, 0.15) is 0 Å². The molecule has 630 valence electrons. The third kappa shape index (κ3) is 12.9. The number of fused-ring (bicyclic) bond motifs is 20. The largest absolute Gasteiger partial charge is 0.308 e. The van der Waals surface area contributed by atoms with Crippen molar-refractivity contribution in [3.8, 4) is 135 Å². The Balaban J connectivity index is 0.584. The molecule has 0 spiro atoms. The Morgan fingerprint density at radius 3 is 0.941 bits per heavy atom. The Morgan fingerprint density at radius 2 is 0.449 bits per heavy atom. The minimum Gasteiger partial charge on any atom is -0.308 e. The molecule has 28 rings (SSSR count). The average molecular weight is 1760 g/mol. The standard InChI is InChI=1S/C126H74N8S2/c1-3-19-75(20-4-1)78-35-42-83(43-36-78)121-127-122(84-44-37-79(38-45-84)76-21-5-2-6-22-76)129-125(128-121)96-52-59-112(134-114-73-89-30-12-10-28-87(89)67-108(114)104-58-50-82-25-14-16-32-100(82)120(104)134)106(70-96)93-55-62-117-110(69-93)102-56-51-91(74-118(102)136-117)90-46-39-80-41-48-95(65-98(80)64-90)124-130-123(94-47-40-77-23-7-8-26-85(77)63-94)131-126(132-124)97-53-60-111(105(71-97)92-54-61-116-109(68-92)101-33-17-18-34-115(101)135-116)133-113-72-88-29-11-9-27-86(88)66-107(113)103-57-49-81-24-13-15-31-99(81)119(103)133/h1-74H. The molecule has 0 radical (unpaired) electrons. The van der Waals surface area contributed by atoms with Crippen LogP contribution in [-0.2, 0) is 0 Å². The van der Waals surface area contributed by atoms with Crippen molar-refractivity contribution in [1.29, 1.82) is 0 Å². The molecule has 0 unspecified atom stereocenters. The molecule has 0 saturated carbocycles. The number of aromatic nitrogens is 8. The van der Waals surface area contributed by atoms with Crippen LogP contribution in [0.2, 0.25) is 0 Å². The normalized spacial score (nSPS) is 12.0. The summed E-state index contributed by atoms with van der Waals surface area (Å²) in [6.45, 7) is 0. The summed E-state index contributed by atoms with van der Waals surface area (Å²) in [6.07, 6.45) is 0. The van der Waals surface area contributed by atoms with E-state index in [0.29, 0.717) is 34.9 Å². The summed E-state index contributed by atoms with van der Waals surface area (Å²) in [5.74, 6) is 3.49. The first-order chi connectivity index (χ1) is 67.3. The number of benzene rings is 22. The quantitative estimate of drug-likeness (QED) is 0.114. The maximum absolute atomic E-state index is 5.61. The SMILES string of the molecule is c1ccc(-c2ccc(-c3nc(-c4ccc(-c5ccccc5)cc4)nc(-c4ccc(-n5c6cc7ccccc7cc6c6ccc7ccccc7c65)c(-c5ccc6sc7cc(-c8ccc9ccc(-c%10nc(-c%11ccc(-n%12c%13cc%14ccccc%14cc%13c%13ccc%14ccccc%14c%13%12)c(-c%12ccc%13sc%14ccccc%14c%13c%12)c%11)nc(-c%11ccc%12ccccc%12c%11)n%10)cc9c8)ccc7c6c5)c4)n3)cc2)cc1. The number of nitrogens with zero attached hydrogens (tertiary/aromatic N) is 8. The monoisotopic (exact) mass is 1760 g/mol. The lowest BCUT2D eigenvalue weighted by atomic mass is 9.97. The molecule has 0 aliphatic carbocycles. The van der Waals surface area contributed by atoms with Gasteiger partial charge in [-0.2, -0.15) is 0 Å². The Morgan fingerprint density at radius 1 is 0.147 bits per heavy atom. The summed E-state index contributed by atoms with van der Waals surface area (Å²) in [6, 6.07) is 164. The summed E-state index contributed by atoms with van der Waals surface area (Å²) in [7, 11) is 0. The first-order valence-corrected chi connectivity index (χ1v) is 47.7. The second-order valence-corrected chi connectivity index (χ2v) is 37.8. The summed E-state index contributed by atoms with van der Waals surface area (Å²) < 4.78 is 9.93. The van der Waals surface area contributed by atoms with Crippen LogP contribution in [0.1, 0.15) is 0 Å². The second-order valence-electron chi connectivity index (χ2n) is 35.6. The fraction of sp³-hybridized carbons (Fsp3) is 0. The molecule has 6 heterocycles. The van der Waals surface area contributed by atoms with Gasteiger partial charge in [0.2, 0.25) is 0 Å². The van der Waals surface area contributed by atoms with Crippen molar-refractivity contribution in [2.24, 2.45) is 0 Å². The van der Waals surface area contributed by atoms with Crippen LogP contribution in [0.5, 0.6) is 0 Å². The van der Waals surface area contributed by atoms with E-state index < -0.39 is 0 Å². The molecule has 6 aromatic heterocycles. The lowest BCUT2D eigenvalue weighted by molar-refractivity contribution is 1.07. The van der Waals surface area contributed by atoms with Gasteiger partial charge in [0.25, 0.3) is 0 Å². The Bertz CT molecular complexity index is 9780. The zero-order valence-corrected chi connectivity index (χ0v) is 74.8. The van der Waals surface area contributed by atoms with Crippen LogP contribution >= 0.6 is 22.7 Å². The average Bonchev–Trinajstić information content (AvgIpc) is 1.56. The van der Waals surface area contributed by atoms with E-state index in [1.165, 1.54) is 105 Å². The van der Waals surface area contributed by atoms with Gasteiger partial charge in [-0.15, -0.1) is 22.7 Å². The predicted molar refractivity (Wildman–Crippen MR) is 573 cm³/mol. The smallest absolute Gasteiger partial charge is 0.164 e. The van der Waals surface area contributed by atoms with Gasteiger partial charge in [-0.25, -0.2) is 29.9 Å². The summed E-state index contributed by atoms with van der Waals surface area (Å²) in [5, 5.41) is 23.5. The van der Waals surface area contributed by atoms with E-state index in [4.69, 9.17) is 29.9 Å². The van der Waals surface area contributed by atoms with Crippen LogP contribution < -0.4 is 0 Å².